The van der Waals surface area contributed by atoms with Crippen molar-refractivity contribution in [3.05, 3.63) is 64.1 Å². The van der Waals surface area contributed by atoms with Gasteiger partial charge in [0.25, 0.3) is 5.91 Å². The summed E-state index contributed by atoms with van der Waals surface area (Å²) in [4.78, 5) is 28.7. The summed E-state index contributed by atoms with van der Waals surface area (Å²) in [5.41, 5.74) is 1.35. The second kappa shape index (κ2) is 7.48. The first-order valence-electron chi connectivity index (χ1n) is 7.63. The number of aliphatic imine (C=N–C) groups is 1. The average molecular weight is 402 g/mol. The molecular weight excluding hydrogens is 386 g/mol. The minimum atomic E-state index is -0.350. The van der Waals surface area contributed by atoms with E-state index in [2.05, 4.69) is 31.6 Å². The van der Waals surface area contributed by atoms with E-state index >= 15 is 0 Å². The Morgan fingerprint density at radius 2 is 2.04 bits per heavy atom. The molecule has 0 aliphatic carbocycles. The van der Waals surface area contributed by atoms with Crippen molar-refractivity contribution in [2.24, 2.45) is 4.99 Å². The van der Waals surface area contributed by atoms with E-state index in [1.54, 1.807) is 25.3 Å². The second-order valence-corrected chi connectivity index (χ2v) is 6.40. The lowest BCUT2D eigenvalue weighted by Crippen LogP contribution is -2.47. The van der Waals surface area contributed by atoms with E-state index in [1.165, 1.54) is 0 Å². The minimum Gasteiger partial charge on any atom is -0.497 e. The molecule has 2 N–H and O–H groups in total. The van der Waals surface area contributed by atoms with Gasteiger partial charge in [-0.15, -0.1) is 0 Å². The van der Waals surface area contributed by atoms with Gasteiger partial charge in [-0.2, -0.15) is 0 Å². The summed E-state index contributed by atoms with van der Waals surface area (Å²) in [6.45, 7) is 0. The van der Waals surface area contributed by atoms with Crippen LogP contribution in [0.1, 0.15) is 28.4 Å². The van der Waals surface area contributed by atoms with E-state index in [1.807, 2.05) is 30.3 Å². The van der Waals surface area contributed by atoms with Crippen molar-refractivity contribution < 1.29 is 14.3 Å². The molecule has 0 aromatic heterocycles. The highest BCUT2D eigenvalue weighted by atomic mass is 79.9. The van der Waals surface area contributed by atoms with Gasteiger partial charge in [0, 0.05) is 10.0 Å². The van der Waals surface area contributed by atoms with Crippen LogP contribution in [0, 0.1) is 0 Å². The Morgan fingerprint density at radius 3 is 2.72 bits per heavy atom. The molecule has 2 aromatic carbocycles. The van der Waals surface area contributed by atoms with Gasteiger partial charge in [-0.3, -0.25) is 20.2 Å². The van der Waals surface area contributed by atoms with E-state index in [9.17, 15) is 9.59 Å². The summed E-state index contributed by atoms with van der Waals surface area (Å²) < 4.78 is 5.93. The lowest BCUT2D eigenvalue weighted by Gasteiger charge is -2.21. The number of rotatable bonds is 3. The summed E-state index contributed by atoms with van der Waals surface area (Å²) in [5.74, 6) is 0.356. The molecule has 0 saturated heterocycles. The molecular formula is C18H16BrN3O3. The maximum Gasteiger partial charge on any atom is 0.257 e. The van der Waals surface area contributed by atoms with Gasteiger partial charge >= 0.3 is 0 Å². The first kappa shape index (κ1) is 17.2. The standard InChI is InChI=1S/C18H16BrN3O3/c1-25-14-7-5-11(6-8-14)15-10-16(23)21-18(20-15)22-17(24)12-3-2-4-13(19)9-12/h2-9,15H,10H2,1H3,(H2,20,21,22,23,24)/t15-/m0/s1. The number of hydrogen-bond acceptors (Lipinski definition) is 4. The number of ether oxygens (including phenoxy) is 1. The topological polar surface area (TPSA) is 79.8 Å². The molecule has 0 radical (unpaired) electrons. The molecule has 128 valence electrons. The third-order valence-corrected chi connectivity index (χ3v) is 4.23. The van der Waals surface area contributed by atoms with Crippen LogP contribution in [0.2, 0.25) is 0 Å². The van der Waals surface area contributed by atoms with Gasteiger partial charge in [-0.05, 0) is 35.9 Å². The molecule has 2 aromatic rings. The Balaban J connectivity index is 1.78. The zero-order chi connectivity index (χ0) is 17.8. The van der Waals surface area contributed by atoms with Crippen LogP contribution >= 0.6 is 15.9 Å². The Morgan fingerprint density at radius 1 is 1.28 bits per heavy atom. The maximum atomic E-state index is 12.3. The highest BCUT2D eigenvalue weighted by molar-refractivity contribution is 9.10. The van der Waals surface area contributed by atoms with Crippen LogP contribution in [-0.4, -0.2) is 24.9 Å². The molecule has 0 spiro atoms. The van der Waals surface area contributed by atoms with Gasteiger partial charge in [0.2, 0.25) is 11.9 Å². The van der Waals surface area contributed by atoms with Crippen LogP contribution in [0.4, 0.5) is 0 Å². The Kier molecular flexibility index (Phi) is 5.14. The molecule has 7 heteroatoms. The number of nitrogens with zero attached hydrogens (tertiary/aromatic N) is 1. The van der Waals surface area contributed by atoms with Crippen LogP contribution in [0.15, 0.2) is 58.0 Å². The number of carbonyl (C=O) groups excluding carboxylic acids is 2. The van der Waals surface area contributed by atoms with Gasteiger partial charge in [0.1, 0.15) is 5.75 Å². The predicted octanol–water partition coefficient (Wildman–Crippen LogP) is 2.80. The van der Waals surface area contributed by atoms with Crippen LogP contribution in [0.3, 0.4) is 0 Å². The number of carbonyl (C=O) groups is 2. The predicted molar refractivity (Wildman–Crippen MR) is 97.5 cm³/mol. The molecule has 0 saturated carbocycles. The van der Waals surface area contributed by atoms with Gasteiger partial charge in [-0.25, -0.2) is 4.99 Å². The molecule has 25 heavy (non-hydrogen) atoms. The molecule has 3 rings (SSSR count). The van der Waals surface area contributed by atoms with Crippen LogP contribution in [0.25, 0.3) is 0 Å². The van der Waals surface area contributed by atoms with E-state index in [4.69, 9.17) is 4.74 Å². The highest BCUT2D eigenvalue weighted by Crippen LogP contribution is 2.25. The molecule has 1 heterocycles. The lowest BCUT2D eigenvalue weighted by molar-refractivity contribution is -0.120. The first-order chi connectivity index (χ1) is 12.0. The number of hydrogen-bond donors (Lipinski definition) is 2. The zero-order valence-corrected chi connectivity index (χ0v) is 15.0. The number of amides is 2. The number of nitrogens with one attached hydrogen (secondary N) is 2. The Labute approximate surface area is 153 Å². The number of methoxy groups -OCH3 is 1. The van der Waals surface area contributed by atoms with Crippen molar-refractivity contribution in [1.82, 2.24) is 10.6 Å². The fraction of sp³-hybridized carbons (Fsp3) is 0.167. The van der Waals surface area contributed by atoms with E-state index in [0.717, 1.165) is 15.8 Å². The van der Waals surface area contributed by atoms with Crippen molar-refractivity contribution in [2.75, 3.05) is 7.11 Å². The average Bonchev–Trinajstić information content (AvgIpc) is 2.61. The minimum absolute atomic E-state index is 0.155. The first-order valence-corrected chi connectivity index (χ1v) is 8.43. The molecule has 1 aliphatic heterocycles. The monoisotopic (exact) mass is 401 g/mol. The van der Waals surface area contributed by atoms with E-state index in [0.29, 0.717) is 5.56 Å². The van der Waals surface area contributed by atoms with Crippen molar-refractivity contribution in [3.8, 4) is 5.75 Å². The van der Waals surface area contributed by atoms with E-state index in [-0.39, 0.29) is 30.2 Å². The molecule has 0 bridgehead atoms. The molecule has 1 aliphatic rings. The molecule has 0 fully saturated rings. The lowest BCUT2D eigenvalue weighted by atomic mass is 10.0. The number of benzene rings is 2. The van der Waals surface area contributed by atoms with E-state index < -0.39 is 0 Å². The van der Waals surface area contributed by atoms with Crippen LogP contribution < -0.4 is 15.4 Å². The SMILES string of the molecule is COc1ccc([C@@H]2CC(=O)NC(NC(=O)c3cccc(Br)c3)=N2)cc1. The second-order valence-electron chi connectivity index (χ2n) is 5.48. The summed E-state index contributed by atoms with van der Waals surface area (Å²) >= 11 is 3.33. The van der Waals surface area contributed by atoms with Gasteiger partial charge in [-0.1, -0.05) is 34.1 Å². The zero-order valence-electron chi connectivity index (χ0n) is 13.5. The summed E-state index contributed by atoms with van der Waals surface area (Å²) in [5, 5.41) is 5.25. The molecule has 1 atom stereocenters. The van der Waals surface area contributed by atoms with Gasteiger partial charge in [0.15, 0.2) is 0 Å². The summed E-state index contributed by atoms with van der Waals surface area (Å²) in [6, 6.07) is 14.0. The van der Waals surface area contributed by atoms with Crippen molar-refractivity contribution in [2.45, 2.75) is 12.5 Å². The normalized spacial score (nSPS) is 16.6. The quantitative estimate of drug-likeness (QED) is 0.829. The largest absolute Gasteiger partial charge is 0.497 e. The van der Waals surface area contributed by atoms with Crippen molar-refractivity contribution >= 4 is 33.7 Å². The maximum absolute atomic E-state index is 12.3. The number of halogens is 1. The summed E-state index contributed by atoms with van der Waals surface area (Å²) in [7, 11) is 1.59. The molecule has 6 nitrogen and oxygen atoms in total. The third kappa shape index (κ3) is 4.24. The van der Waals surface area contributed by atoms with Crippen molar-refractivity contribution in [3.63, 3.8) is 0 Å². The van der Waals surface area contributed by atoms with Crippen LogP contribution in [0.5, 0.6) is 5.75 Å². The van der Waals surface area contributed by atoms with Gasteiger partial charge in [0.05, 0.1) is 19.6 Å². The fourth-order valence-corrected chi connectivity index (χ4v) is 2.88. The smallest absolute Gasteiger partial charge is 0.257 e. The highest BCUT2D eigenvalue weighted by Gasteiger charge is 2.23. The molecule has 2 amide bonds. The van der Waals surface area contributed by atoms with Crippen LogP contribution in [-0.2, 0) is 4.79 Å². The molecule has 0 unspecified atom stereocenters. The fourth-order valence-electron chi connectivity index (χ4n) is 2.48. The summed E-state index contributed by atoms with van der Waals surface area (Å²) in [6.07, 6.45) is 0.225. The Bertz CT molecular complexity index is 834. The van der Waals surface area contributed by atoms with Gasteiger partial charge < -0.3 is 4.74 Å². The number of guanidine groups is 1. The third-order valence-electron chi connectivity index (χ3n) is 3.74. The van der Waals surface area contributed by atoms with Crippen molar-refractivity contribution in [1.29, 1.82) is 0 Å². The Hall–Kier alpha value is -2.67.